The molecule has 0 aliphatic rings. The summed E-state index contributed by atoms with van der Waals surface area (Å²) in [5.41, 5.74) is 0. The Balaban J connectivity index is 6.42. The fourth-order valence-electron chi connectivity index (χ4n) is 2.34. The van der Waals surface area contributed by atoms with Crippen LogP contribution in [0.4, 0.5) is 0 Å². The van der Waals surface area contributed by atoms with Crippen molar-refractivity contribution in [3.8, 4) is 0 Å². The van der Waals surface area contributed by atoms with Crippen LogP contribution in [0.1, 0.15) is 0 Å². The lowest BCUT2D eigenvalue weighted by molar-refractivity contribution is -0.137. The first-order valence-electron chi connectivity index (χ1n) is 9.18. The number of ether oxygens (including phenoxy) is 6. The van der Waals surface area contributed by atoms with Crippen molar-refractivity contribution in [1.29, 1.82) is 0 Å². The molecule has 0 saturated carbocycles. The molecular formula is C22H30O10. The van der Waals surface area contributed by atoms with Crippen LogP contribution in [0.2, 0.25) is 0 Å². The lowest BCUT2D eigenvalue weighted by atomic mass is 9.90. The van der Waals surface area contributed by atoms with E-state index in [2.05, 4.69) is 0 Å². The van der Waals surface area contributed by atoms with Crippen LogP contribution >= 0.6 is 0 Å². The van der Waals surface area contributed by atoms with E-state index in [0.29, 0.717) is 0 Å². The van der Waals surface area contributed by atoms with E-state index in [-0.39, 0.29) is 23.4 Å². The molecule has 10 nitrogen and oxygen atoms in total. The monoisotopic (exact) mass is 454 g/mol. The average molecular weight is 454 g/mol. The average Bonchev–Trinajstić information content (AvgIpc) is 2.78. The summed E-state index contributed by atoms with van der Waals surface area (Å²) >= 11 is 0. The highest BCUT2D eigenvalue weighted by molar-refractivity contribution is 5.84. The Bertz CT molecular complexity index is 709. The highest BCUT2D eigenvalue weighted by Gasteiger charge is 2.17. The second kappa shape index (κ2) is 15.9. The molecule has 0 aromatic heterocycles. The number of rotatable bonds is 15. The van der Waals surface area contributed by atoms with Gasteiger partial charge in [0.05, 0.1) is 42.7 Å². The van der Waals surface area contributed by atoms with Crippen molar-refractivity contribution in [3.63, 3.8) is 0 Å². The number of carboxylic acid groups (broad SMARTS) is 2. The van der Waals surface area contributed by atoms with Gasteiger partial charge in [-0.2, -0.15) is 0 Å². The molecule has 32 heavy (non-hydrogen) atoms. The van der Waals surface area contributed by atoms with E-state index in [1.54, 1.807) is 24.3 Å². The van der Waals surface area contributed by atoms with Gasteiger partial charge in [0, 0.05) is 24.0 Å². The lowest BCUT2D eigenvalue weighted by Crippen LogP contribution is -2.10. The molecule has 0 fully saturated rings. The van der Waals surface area contributed by atoms with Crippen molar-refractivity contribution in [2.45, 2.75) is 0 Å². The van der Waals surface area contributed by atoms with Gasteiger partial charge in [0.15, 0.2) is 0 Å². The van der Waals surface area contributed by atoms with E-state index in [4.69, 9.17) is 38.6 Å². The van der Waals surface area contributed by atoms with Crippen LogP contribution in [-0.4, -0.2) is 64.8 Å². The third-order valence-electron chi connectivity index (χ3n) is 3.93. The third-order valence-corrected chi connectivity index (χ3v) is 3.93. The summed E-state index contributed by atoms with van der Waals surface area (Å²) in [5.74, 6) is -3.47. The molecule has 0 radical (unpaired) electrons. The fourth-order valence-corrected chi connectivity index (χ4v) is 2.34. The minimum Gasteiger partial charge on any atom is -0.490 e. The molecule has 0 rings (SSSR count). The van der Waals surface area contributed by atoms with Gasteiger partial charge in [0.2, 0.25) is 11.5 Å². The quantitative estimate of drug-likeness (QED) is 0.216. The number of allylic oxidation sites excluding steroid dienone is 8. The number of hydrogen-bond acceptors (Lipinski definition) is 8. The van der Waals surface area contributed by atoms with Gasteiger partial charge in [0.1, 0.15) is 0 Å². The summed E-state index contributed by atoms with van der Waals surface area (Å²) in [6.07, 6.45) is 12.2. The zero-order valence-corrected chi connectivity index (χ0v) is 18.9. The van der Waals surface area contributed by atoms with Crippen molar-refractivity contribution >= 4 is 11.9 Å². The molecule has 0 aliphatic carbocycles. The number of carbonyl (C=O) groups is 2. The van der Waals surface area contributed by atoms with E-state index in [1.165, 1.54) is 67.0 Å². The minimum absolute atomic E-state index is 0.204. The Morgan fingerprint density at radius 3 is 1.12 bits per heavy atom. The molecule has 0 saturated heterocycles. The zero-order valence-electron chi connectivity index (χ0n) is 18.9. The molecule has 2 N–H and O–H groups in total. The fraction of sp³-hybridized carbons (Fsp3) is 0.364. The predicted molar refractivity (Wildman–Crippen MR) is 115 cm³/mol. The van der Waals surface area contributed by atoms with Crippen molar-refractivity contribution in [2.24, 2.45) is 11.8 Å². The maximum Gasteiger partial charge on any atom is 0.371 e. The van der Waals surface area contributed by atoms with Crippen LogP contribution in [0.3, 0.4) is 0 Å². The van der Waals surface area contributed by atoms with Crippen LogP contribution in [0.25, 0.3) is 0 Å². The number of methoxy groups -OCH3 is 6. The van der Waals surface area contributed by atoms with Crippen LogP contribution in [0.5, 0.6) is 0 Å². The smallest absolute Gasteiger partial charge is 0.371 e. The van der Waals surface area contributed by atoms with Gasteiger partial charge in [0.25, 0.3) is 11.9 Å². The molecule has 0 spiro atoms. The van der Waals surface area contributed by atoms with E-state index >= 15 is 0 Å². The van der Waals surface area contributed by atoms with E-state index in [9.17, 15) is 9.59 Å². The Morgan fingerprint density at radius 2 is 0.906 bits per heavy atom. The number of hydrogen-bond donors (Lipinski definition) is 2. The first kappa shape index (κ1) is 28.2. The second-order valence-corrected chi connectivity index (χ2v) is 5.79. The van der Waals surface area contributed by atoms with Crippen LogP contribution in [-0.2, 0) is 38.0 Å². The van der Waals surface area contributed by atoms with E-state index in [0.717, 1.165) is 0 Å². The van der Waals surface area contributed by atoms with Crippen LogP contribution in [0.15, 0.2) is 72.0 Å². The summed E-state index contributed by atoms with van der Waals surface area (Å²) < 4.78 is 30.3. The number of aliphatic carboxylic acids is 2. The Morgan fingerprint density at radius 1 is 0.594 bits per heavy atom. The normalized spacial score (nSPS) is 13.7. The lowest BCUT2D eigenvalue weighted by Gasteiger charge is -2.17. The highest BCUT2D eigenvalue weighted by Crippen LogP contribution is 2.23. The molecule has 0 amide bonds. The van der Waals surface area contributed by atoms with Crippen molar-refractivity contribution in [1.82, 2.24) is 0 Å². The standard InChI is InChI=1S/C22H30O10/c1-27-17(21(23)24)11-7-9-15(13-19(29-3)30-4)16(14-20(31-5)32-6)10-8-12-18(28-2)22(25)26/h7-16H,1-6H3,(H,23,24)(H,25,26)/b9-7+,10-8+,17-11-,18-12-/t15-,16-/m0/s1. The second-order valence-electron chi connectivity index (χ2n) is 5.79. The Hall–Kier alpha value is -3.82. The maximum absolute atomic E-state index is 11.1. The molecular weight excluding hydrogens is 424 g/mol. The molecule has 178 valence electrons. The number of carboxylic acids is 2. The molecule has 2 atom stereocenters. The van der Waals surface area contributed by atoms with Gasteiger partial charge < -0.3 is 38.6 Å². The van der Waals surface area contributed by atoms with Gasteiger partial charge >= 0.3 is 11.9 Å². The molecule has 0 aromatic carbocycles. The van der Waals surface area contributed by atoms with Crippen LogP contribution < -0.4 is 0 Å². The highest BCUT2D eigenvalue weighted by atomic mass is 16.7. The zero-order chi connectivity index (χ0) is 24.5. The van der Waals surface area contributed by atoms with E-state index < -0.39 is 23.8 Å². The van der Waals surface area contributed by atoms with Gasteiger partial charge in [-0.1, -0.05) is 24.3 Å². The van der Waals surface area contributed by atoms with Crippen molar-refractivity contribution in [3.05, 3.63) is 72.0 Å². The summed E-state index contributed by atoms with van der Waals surface area (Å²) in [6.45, 7) is 0. The topological polar surface area (TPSA) is 130 Å². The largest absolute Gasteiger partial charge is 0.490 e. The Labute approximate surface area is 187 Å². The first-order valence-corrected chi connectivity index (χ1v) is 9.18. The Kier molecular flexibility index (Phi) is 14.0. The van der Waals surface area contributed by atoms with E-state index in [1.807, 2.05) is 0 Å². The SMILES string of the molecule is COC(=C[C@H](/C=C/C=C(\OC)C(=O)O)[C@H](C=C(OC)OC)/C=C/C=C(\OC)C(=O)O)OC. The maximum atomic E-state index is 11.1. The summed E-state index contributed by atoms with van der Waals surface area (Å²) in [6, 6.07) is 0. The van der Waals surface area contributed by atoms with Gasteiger partial charge in [-0.25, -0.2) is 9.59 Å². The molecule has 0 aromatic rings. The minimum atomic E-state index is -1.22. The van der Waals surface area contributed by atoms with Gasteiger partial charge in [-0.05, 0) is 12.2 Å². The van der Waals surface area contributed by atoms with Gasteiger partial charge in [-0.3, -0.25) is 0 Å². The summed E-state index contributed by atoms with van der Waals surface area (Å²) in [4.78, 5) is 22.2. The third kappa shape index (κ3) is 10.3. The molecule has 10 heteroatoms. The summed E-state index contributed by atoms with van der Waals surface area (Å²) in [7, 11) is 8.22. The molecule has 0 aliphatic heterocycles. The molecule has 0 heterocycles. The van der Waals surface area contributed by atoms with Crippen molar-refractivity contribution in [2.75, 3.05) is 42.7 Å². The van der Waals surface area contributed by atoms with Crippen LogP contribution in [0, 0.1) is 11.8 Å². The first-order chi connectivity index (χ1) is 15.3. The molecule has 0 unspecified atom stereocenters. The predicted octanol–water partition coefficient (Wildman–Crippen LogP) is 2.83. The van der Waals surface area contributed by atoms with Gasteiger partial charge in [-0.15, -0.1) is 0 Å². The molecule has 0 bridgehead atoms. The van der Waals surface area contributed by atoms with Crippen molar-refractivity contribution < 1.29 is 48.2 Å². The summed E-state index contributed by atoms with van der Waals surface area (Å²) in [5, 5.41) is 18.2.